The molecule has 1 unspecified atom stereocenters. The van der Waals surface area contributed by atoms with Crippen LogP contribution in [0.4, 0.5) is 0 Å². The fourth-order valence-electron chi connectivity index (χ4n) is 0.862. The van der Waals surface area contributed by atoms with Crippen LogP contribution in [0.5, 0.6) is 0 Å². The predicted molar refractivity (Wildman–Crippen MR) is 55.3 cm³/mol. The highest BCUT2D eigenvalue weighted by Crippen LogP contribution is 2.24. The van der Waals surface area contributed by atoms with Crippen molar-refractivity contribution < 1.29 is 0 Å². The lowest BCUT2D eigenvalue weighted by Crippen LogP contribution is -2.10. The molecule has 1 atom stereocenters. The maximum atomic E-state index is 6.07. The first kappa shape index (κ1) is 11.0. The maximum absolute atomic E-state index is 6.07. The molecule has 0 amide bonds. The number of hydrogen-bond acceptors (Lipinski definition) is 0. The Morgan fingerprint density at radius 2 is 1.90 bits per heavy atom. The van der Waals surface area contributed by atoms with E-state index in [0.29, 0.717) is 0 Å². The molecule has 10 heavy (non-hydrogen) atoms. The minimum absolute atomic E-state index is 1.20. The van der Waals surface area contributed by atoms with Crippen molar-refractivity contribution in [3.63, 3.8) is 0 Å². The smallest absolute Gasteiger partial charge is 0.152 e. The molecule has 62 valence electrons. The number of halogens is 2. The van der Waals surface area contributed by atoms with E-state index in [1.807, 2.05) is 0 Å². The second-order valence-electron chi connectivity index (χ2n) is 2.88. The van der Waals surface area contributed by atoms with E-state index in [9.17, 15) is 0 Å². The lowest BCUT2D eigenvalue weighted by molar-refractivity contribution is 0.699. The molecule has 0 aliphatic carbocycles. The van der Waals surface area contributed by atoms with Crippen LogP contribution in [0.25, 0.3) is 0 Å². The predicted octanol–water partition coefficient (Wildman–Crippen LogP) is 4.27. The fourth-order valence-corrected chi connectivity index (χ4v) is 2.97. The van der Waals surface area contributed by atoms with Crippen LogP contribution in [0.3, 0.4) is 0 Å². The molecule has 0 bridgehead atoms. The Morgan fingerprint density at radius 1 is 1.30 bits per heavy atom. The van der Waals surface area contributed by atoms with Crippen molar-refractivity contribution in [2.75, 3.05) is 0 Å². The maximum Gasteiger partial charge on any atom is 0.223 e. The summed E-state index contributed by atoms with van der Waals surface area (Å²) in [5.74, 6) is 0. The van der Waals surface area contributed by atoms with Gasteiger partial charge >= 0.3 is 0 Å². The average molecular weight is 244 g/mol. The molecule has 0 nitrogen and oxygen atoms in total. The molecule has 0 aliphatic rings. The van der Waals surface area contributed by atoms with Crippen LogP contribution in [0.1, 0.15) is 32.6 Å². The minimum Gasteiger partial charge on any atom is -0.152 e. The summed E-state index contributed by atoms with van der Waals surface area (Å²) in [6.45, 7) is 4.37. The Bertz CT molecular complexity index is 80.2. The van der Waals surface area contributed by atoms with Crippen molar-refractivity contribution in [1.82, 2.24) is 0 Å². The summed E-state index contributed by atoms with van der Waals surface area (Å²) in [4.78, 5) is 0. The van der Waals surface area contributed by atoms with Crippen molar-refractivity contribution in [2.45, 2.75) is 45.2 Å². The third-order valence-corrected chi connectivity index (χ3v) is 4.46. The standard InChI is InChI=1S/C7H16BrClSi/c1-3-4-5-6-7-10(2,8)9/h3-7H2,1-2H3. The molecule has 0 saturated carbocycles. The normalized spacial score (nSPS) is 16.8. The largest absolute Gasteiger partial charge is 0.223 e. The van der Waals surface area contributed by atoms with E-state index < -0.39 is 6.00 Å². The Kier molecular flexibility index (Phi) is 6.17. The first-order valence-corrected chi connectivity index (χ1v) is 9.91. The first-order valence-electron chi connectivity index (χ1n) is 3.94. The van der Waals surface area contributed by atoms with Gasteiger partial charge in [-0.25, -0.2) is 0 Å². The highest BCUT2D eigenvalue weighted by Gasteiger charge is 2.18. The van der Waals surface area contributed by atoms with Crippen molar-refractivity contribution >= 4 is 32.4 Å². The van der Waals surface area contributed by atoms with Crippen LogP contribution < -0.4 is 0 Å². The van der Waals surface area contributed by atoms with Gasteiger partial charge in [0.2, 0.25) is 6.00 Å². The van der Waals surface area contributed by atoms with Crippen LogP contribution in [-0.2, 0) is 0 Å². The molecule has 3 heteroatoms. The summed E-state index contributed by atoms with van der Waals surface area (Å²) in [5, 5.41) is 0. The molecule has 0 rings (SSSR count). The molecule has 0 fully saturated rings. The lowest BCUT2D eigenvalue weighted by atomic mass is 10.2. The summed E-state index contributed by atoms with van der Waals surface area (Å²) in [5.41, 5.74) is 0. The van der Waals surface area contributed by atoms with Gasteiger partial charge in [0.1, 0.15) is 0 Å². The van der Waals surface area contributed by atoms with Gasteiger partial charge in [-0.05, 0) is 12.6 Å². The van der Waals surface area contributed by atoms with Crippen molar-refractivity contribution in [3.8, 4) is 0 Å². The van der Waals surface area contributed by atoms with E-state index in [1.165, 1.54) is 31.7 Å². The lowest BCUT2D eigenvalue weighted by Gasteiger charge is -2.08. The third kappa shape index (κ3) is 8.99. The van der Waals surface area contributed by atoms with Gasteiger partial charge in [-0.1, -0.05) is 32.6 Å². The van der Waals surface area contributed by atoms with E-state index in [1.54, 1.807) is 0 Å². The van der Waals surface area contributed by atoms with E-state index in [0.717, 1.165) is 0 Å². The SMILES string of the molecule is CCCCCC[Si](C)(Cl)Br. The monoisotopic (exact) mass is 242 g/mol. The highest BCUT2D eigenvalue weighted by molar-refractivity contribution is 9.27. The topological polar surface area (TPSA) is 0 Å². The molecule has 0 aromatic heterocycles. The fraction of sp³-hybridized carbons (Fsp3) is 1.00. The molecule has 0 radical (unpaired) electrons. The Labute approximate surface area is 77.6 Å². The van der Waals surface area contributed by atoms with Gasteiger partial charge < -0.3 is 0 Å². The van der Waals surface area contributed by atoms with E-state index in [-0.39, 0.29) is 0 Å². The molecule has 0 heterocycles. The highest BCUT2D eigenvalue weighted by atomic mass is 79.9. The van der Waals surface area contributed by atoms with Crippen LogP contribution in [0.15, 0.2) is 0 Å². The second kappa shape index (κ2) is 5.61. The van der Waals surface area contributed by atoms with Crippen LogP contribution in [0, 0.1) is 0 Å². The van der Waals surface area contributed by atoms with Gasteiger partial charge in [-0.15, -0.1) is 15.3 Å². The summed E-state index contributed by atoms with van der Waals surface area (Å²) in [7, 11) is 0. The molecule has 0 aromatic rings. The van der Waals surface area contributed by atoms with Crippen molar-refractivity contribution in [1.29, 1.82) is 0 Å². The molecular weight excluding hydrogens is 228 g/mol. The zero-order valence-electron chi connectivity index (χ0n) is 6.79. The molecule has 0 aromatic carbocycles. The minimum atomic E-state index is -1.42. The van der Waals surface area contributed by atoms with Gasteiger partial charge in [-0.3, -0.25) is 0 Å². The average Bonchev–Trinajstić information content (AvgIpc) is 1.78. The quantitative estimate of drug-likeness (QED) is 0.384. The van der Waals surface area contributed by atoms with Crippen molar-refractivity contribution in [2.24, 2.45) is 0 Å². The first-order chi connectivity index (χ1) is 4.56. The van der Waals surface area contributed by atoms with Gasteiger partial charge in [0.25, 0.3) is 0 Å². The summed E-state index contributed by atoms with van der Waals surface area (Å²) in [6, 6.07) is -0.220. The van der Waals surface area contributed by atoms with E-state index in [4.69, 9.17) is 11.1 Å². The zero-order chi connectivity index (χ0) is 8.04. The molecule has 0 aliphatic heterocycles. The summed E-state index contributed by atoms with van der Waals surface area (Å²) in [6.07, 6.45) is 5.31. The van der Waals surface area contributed by atoms with Crippen molar-refractivity contribution in [3.05, 3.63) is 0 Å². The molecular formula is C7H16BrClSi. The summed E-state index contributed by atoms with van der Waals surface area (Å²) < 4.78 is 0. The van der Waals surface area contributed by atoms with Crippen LogP contribution in [0.2, 0.25) is 12.6 Å². The third-order valence-electron chi connectivity index (χ3n) is 1.47. The van der Waals surface area contributed by atoms with Gasteiger partial charge in [0, 0.05) is 0 Å². The van der Waals surface area contributed by atoms with Gasteiger partial charge in [-0.2, -0.15) is 11.1 Å². The van der Waals surface area contributed by atoms with E-state index >= 15 is 0 Å². The molecule has 0 N–H and O–H groups in total. The zero-order valence-corrected chi connectivity index (χ0v) is 10.1. The van der Waals surface area contributed by atoms with Crippen LogP contribution >= 0.6 is 26.4 Å². The number of hydrogen-bond donors (Lipinski definition) is 0. The van der Waals surface area contributed by atoms with Crippen LogP contribution in [-0.4, -0.2) is 6.00 Å². The Morgan fingerprint density at radius 3 is 2.30 bits per heavy atom. The molecule has 0 saturated heterocycles. The van der Waals surface area contributed by atoms with E-state index in [2.05, 4.69) is 28.8 Å². The second-order valence-corrected chi connectivity index (χ2v) is 14.6. The Hall–Kier alpha value is 0.987. The summed E-state index contributed by atoms with van der Waals surface area (Å²) >= 11 is 9.60. The Balaban J connectivity index is 3.04. The van der Waals surface area contributed by atoms with Gasteiger partial charge in [0.05, 0.1) is 0 Å². The number of unbranched alkanes of at least 4 members (excludes halogenated alkanes) is 3. The molecule has 0 spiro atoms. The van der Waals surface area contributed by atoms with Gasteiger partial charge in [0.15, 0.2) is 0 Å². The number of rotatable bonds is 5.